The normalized spacial score (nSPS) is 16.4. The number of carbonyl (C=O) groups excluding carboxylic acids is 2. The van der Waals surface area contributed by atoms with E-state index in [1.807, 2.05) is 43.5 Å². The number of hydrogen-bond donors (Lipinski definition) is 1. The van der Waals surface area contributed by atoms with Crippen LogP contribution in [0.1, 0.15) is 13.3 Å². The first-order valence-corrected chi connectivity index (χ1v) is 9.08. The first-order chi connectivity index (χ1) is 13.1. The molecule has 1 saturated heterocycles. The molecule has 144 valence electrons. The summed E-state index contributed by atoms with van der Waals surface area (Å²) < 4.78 is 6.94. The topological polar surface area (TPSA) is 79.7 Å². The van der Waals surface area contributed by atoms with Crippen LogP contribution < -0.4 is 15.0 Å². The smallest absolute Gasteiger partial charge is 0.317 e. The Bertz CT molecular complexity index is 760. The summed E-state index contributed by atoms with van der Waals surface area (Å²) in [6.07, 6.45) is 3.89. The van der Waals surface area contributed by atoms with Crippen LogP contribution in [0.3, 0.4) is 0 Å². The number of aromatic nitrogens is 2. The fourth-order valence-electron chi connectivity index (χ4n) is 3.14. The molecule has 8 nitrogen and oxygen atoms in total. The number of likely N-dealkylation sites (N-methyl/N-ethyl adjacent to an activating group) is 1. The number of nitrogens with one attached hydrogen (secondary N) is 1. The van der Waals surface area contributed by atoms with E-state index in [1.165, 1.54) is 0 Å². The number of urea groups is 1. The number of benzene rings is 1. The molecule has 1 aromatic heterocycles. The molecule has 1 N–H and O–H groups in total. The Labute approximate surface area is 158 Å². The van der Waals surface area contributed by atoms with E-state index in [4.69, 9.17) is 4.74 Å². The minimum Gasteiger partial charge on any atom is -0.497 e. The summed E-state index contributed by atoms with van der Waals surface area (Å²) in [4.78, 5) is 28.3. The highest BCUT2D eigenvalue weighted by atomic mass is 16.5. The highest BCUT2D eigenvalue weighted by Crippen LogP contribution is 2.24. The lowest BCUT2D eigenvalue weighted by molar-refractivity contribution is -0.117. The van der Waals surface area contributed by atoms with Crippen molar-refractivity contribution in [1.82, 2.24) is 20.0 Å². The Morgan fingerprint density at radius 1 is 1.37 bits per heavy atom. The van der Waals surface area contributed by atoms with E-state index in [-0.39, 0.29) is 18.0 Å². The molecule has 0 bridgehead atoms. The van der Waals surface area contributed by atoms with Crippen LogP contribution in [0.2, 0.25) is 0 Å². The van der Waals surface area contributed by atoms with Crippen molar-refractivity contribution in [3.8, 4) is 5.75 Å². The van der Waals surface area contributed by atoms with Crippen LogP contribution in [0.5, 0.6) is 5.75 Å². The summed E-state index contributed by atoms with van der Waals surface area (Å²) in [7, 11) is 1.60. The van der Waals surface area contributed by atoms with Crippen LogP contribution in [0.15, 0.2) is 42.7 Å². The molecule has 2 aromatic rings. The van der Waals surface area contributed by atoms with Gasteiger partial charge in [-0.1, -0.05) is 0 Å². The van der Waals surface area contributed by atoms with Gasteiger partial charge < -0.3 is 19.9 Å². The van der Waals surface area contributed by atoms with Crippen LogP contribution in [-0.4, -0.2) is 59.4 Å². The van der Waals surface area contributed by atoms with Gasteiger partial charge in [-0.05, 0) is 37.3 Å². The zero-order valence-electron chi connectivity index (χ0n) is 15.7. The second-order valence-electron chi connectivity index (χ2n) is 6.40. The van der Waals surface area contributed by atoms with E-state index in [1.54, 1.807) is 27.8 Å². The number of ether oxygens (including phenoxy) is 1. The maximum atomic E-state index is 12.6. The van der Waals surface area contributed by atoms with Gasteiger partial charge in [-0.2, -0.15) is 5.10 Å². The molecule has 3 amide bonds. The number of carbonyl (C=O) groups is 2. The molecule has 8 heteroatoms. The number of nitrogens with zero attached hydrogens (tertiary/aromatic N) is 4. The average Bonchev–Trinajstić information content (AvgIpc) is 3.32. The van der Waals surface area contributed by atoms with Crippen LogP contribution in [0, 0.1) is 0 Å². The van der Waals surface area contributed by atoms with E-state index < -0.39 is 0 Å². The van der Waals surface area contributed by atoms with E-state index >= 15 is 0 Å². The van der Waals surface area contributed by atoms with Crippen molar-refractivity contribution in [2.24, 2.45) is 0 Å². The summed E-state index contributed by atoms with van der Waals surface area (Å²) in [5.41, 5.74) is 0.809. The summed E-state index contributed by atoms with van der Waals surface area (Å²) >= 11 is 0. The van der Waals surface area contributed by atoms with Gasteiger partial charge in [0.25, 0.3) is 0 Å². The first kappa shape index (κ1) is 18.8. The largest absolute Gasteiger partial charge is 0.497 e. The molecule has 1 atom stereocenters. The number of methoxy groups -OCH3 is 1. The molecule has 2 heterocycles. The van der Waals surface area contributed by atoms with E-state index in [0.29, 0.717) is 32.6 Å². The number of amides is 3. The molecule has 3 rings (SSSR count). The first-order valence-electron chi connectivity index (χ1n) is 9.08. The molecule has 1 aliphatic heterocycles. The molecule has 0 aliphatic carbocycles. The number of hydrogen-bond acceptors (Lipinski definition) is 4. The Balaban J connectivity index is 1.55. The summed E-state index contributed by atoms with van der Waals surface area (Å²) in [5, 5.41) is 7.13. The SMILES string of the molecule is CCN(CCn1cccn1)C(=O)N[C@@H]1CC(=O)N(c2ccc(OC)cc2)C1. The Kier molecular flexibility index (Phi) is 5.95. The van der Waals surface area contributed by atoms with Crippen molar-refractivity contribution >= 4 is 17.6 Å². The van der Waals surface area contributed by atoms with Crippen molar-refractivity contribution < 1.29 is 14.3 Å². The number of rotatable bonds is 7. The number of anilines is 1. The lowest BCUT2D eigenvalue weighted by Gasteiger charge is -2.24. The highest BCUT2D eigenvalue weighted by Gasteiger charge is 2.32. The summed E-state index contributed by atoms with van der Waals surface area (Å²) in [6, 6.07) is 8.84. The standard InChI is InChI=1S/C19H25N5O3/c1-3-22(11-12-23-10-4-9-20-23)19(26)21-15-13-18(25)24(14-15)16-5-7-17(27-2)8-6-16/h4-10,15H,3,11-14H2,1-2H3,(H,21,26)/t15-/m1/s1. The molecular weight excluding hydrogens is 346 g/mol. The Morgan fingerprint density at radius 3 is 2.78 bits per heavy atom. The Morgan fingerprint density at radius 2 is 2.15 bits per heavy atom. The molecule has 0 radical (unpaired) electrons. The molecule has 1 fully saturated rings. The maximum absolute atomic E-state index is 12.6. The molecule has 1 aromatic carbocycles. The van der Waals surface area contributed by atoms with Crippen molar-refractivity contribution in [2.45, 2.75) is 25.9 Å². The zero-order chi connectivity index (χ0) is 19.2. The van der Waals surface area contributed by atoms with Crippen molar-refractivity contribution in [3.05, 3.63) is 42.7 Å². The van der Waals surface area contributed by atoms with Crippen molar-refractivity contribution in [1.29, 1.82) is 0 Å². The van der Waals surface area contributed by atoms with E-state index in [0.717, 1.165) is 11.4 Å². The summed E-state index contributed by atoms with van der Waals surface area (Å²) in [5.74, 6) is 0.746. The second-order valence-corrected chi connectivity index (χ2v) is 6.40. The van der Waals surface area contributed by atoms with Crippen LogP contribution in [0.4, 0.5) is 10.5 Å². The lowest BCUT2D eigenvalue weighted by atomic mass is 10.2. The monoisotopic (exact) mass is 371 g/mol. The molecule has 0 unspecified atom stereocenters. The molecular formula is C19H25N5O3. The quantitative estimate of drug-likeness (QED) is 0.804. The van der Waals surface area contributed by atoms with Gasteiger partial charge in [0.05, 0.1) is 19.7 Å². The molecule has 0 spiro atoms. The molecule has 1 aliphatic rings. The summed E-state index contributed by atoms with van der Waals surface area (Å²) in [6.45, 7) is 4.19. The lowest BCUT2D eigenvalue weighted by Crippen LogP contribution is -2.46. The van der Waals surface area contributed by atoms with E-state index in [9.17, 15) is 9.59 Å². The van der Waals surface area contributed by atoms with Gasteiger partial charge in [0.1, 0.15) is 5.75 Å². The highest BCUT2D eigenvalue weighted by molar-refractivity contribution is 5.96. The zero-order valence-corrected chi connectivity index (χ0v) is 15.7. The van der Waals surface area contributed by atoms with Gasteiger partial charge in [0, 0.05) is 44.1 Å². The fourth-order valence-corrected chi connectivity index (χ4v) is 3.14. The average molecular weight is 371 g/mol. The molecule has 0 saturated carbocycles. The van der Waals surface area contributed by atoms with Crippen molar-refractivity contribution in [2.75, 3.05) is 31.6 Å². The Hall–Kier alpha value is -3.03. The maximum Gasteiger partial charge on any atom is 0.317 e. The second kappa shape index (κ2) is 8.57. The minimum atomic E-state index is -0.203. The predicted octanol–water partition coefficient (Wildman–Crippen LogP) is 1.73. The third-order valence-corrected chi connectivity index (χ3v) is 4.66. The van der Waals surface area contributed by atoms with Gasteiger partial charge >= 0.3 is 6.03 Å². The van der Waals surface area contributed by atoms with Gasteiger partial charge in [-0.15, -0.1) is 0 Å². The van der Waals surface area contributed by atoms with Gasteiger partial charge in [0.2, 0.25) is 5.91 Å². The predicted molar refractivity (Wildman–Crippen MR) is 102 cm³/mol. The van der Waals surface area contributed by atoms with Gasteiger partial charge in [0.15, 0.2) is 0 Å². The van der Waals surface area contributed by atoms with Gasteiger partial charge in [-0.3, -0.25) is 9.48 Å². The third-order valence-electron chi connectivity index (χ3n) is 4.66. The van der Waals surface area contributed by atoms with Crippen LogP contribution in [-0.2, 0) is 11.3 Å². The van der Waals surface area contributed by atoms with Crippen LogP contribution in [0.25, 0.3) is 0 Å². The van der Waals surface area contributed by atoms with Crippen molar-refractivity contribution in [3.63, 3.8) is 0 Å². The third kappa shape index (κ3) is 4.58. The minimum absolute atomic E-state index is 0.00468. The van der Waals surface area contributed by atoms with Gasteiger partial charge in [-0.25, -0.2) is 4.79 Å². The van der Waals surface area contributed by atoms with E-state index in [2.05, 4.69) is 10.4 Å². The fraction of sp³-hybridized carbons (Fsp3) is 0.421. The van der Waals surface area contributed by atoms with Crippen LogP contribution >= 0.6 is 0 Å². The molecule has 27 heavy (non-hydrogen) atoms.